The molecule has 0 radical (unpaired) electrons. The first-order chi connectivity index (χ1) is 8.54. The van der Waals surface area contributed by atoms with E-state index in [4.69, 9.17) is 5.73 Å². The summed E-state index contributed by atoms with van der Waals surface area (Å²) < 4.78 is 38.6. The SMILES string of the molecule is NCC(c1cn[nH]c1-c1ccccc1)C(F)(F)F. The zero-order valence-electron chi connectivity index (χ0n) is 9.41. The standard InChI is InChI=1S/C12H12F3N3/c13-12(14,15)10(6-16)9-7-17-18-11(9)8-4-2-1-3-5-8/h1-5,7,10H,6,16H2,(H,17,18). The van der Waals surface area contributed by atoms with Crippen LogP contribution in [0.3, 0.4) is 0 Å². The van der Waals surface area contributed by atoms with Crippen LogP contribution in [-0.2, 0) is 0 Å². The second-order valence-corrected chi connectivity index (χ2v) is 3.90. The Morgan fingerprint density at radius 2 is 1.89 bits per heavy atom. The minimum absolute atomic E-state index is 0.0798. The van der Waals surface area contributed by atoms with Gasteiger partial charge in [-0.05, 0) is 5.56 Å². The monoisotopic (exact) mass is 255 g/mol. The Kier molecular flexibility index (Phi) is 3.38. The summed E-state index contributed by atoms with van der Waals surface area (Å²) in [5.74, 6) is -1.70. The molecule has 1 aromatic carbocycles. The number of nitrogens with zero attached hydrogens (tertiary/aromatic N) is 1. The van der Waals surface area contributed by atoms with Crippen molar-refractivity contribution < 1.29 is 13.2 Å². The number of H-pyrrole nitrogens is 1. The molecule has 96 valence electrons. The highest BCUT2D eigenvalue weighted by Gasteiger charge is 2.41. The van der Waals surface area contributed by atoms with E-state index in [0.717, 1.165) is 0 Å². The third kappa shape index (κ3) is 2.38. The number of halogens is 3. The van der Waals surface area contributed by atoms with Gasteiger partial charge in [-0.2, -0.15) is 18.3 Å². The lowest BCUT2D eigenvalue weighted by Gasteiger charge is -2.18. The summed E-state index contributed by atoms with van der Waals surface area (Å²) in [4.78, 5) is 0. The normalized spacial score (nSPS) is 13.6. The van der Waals surface area contributed by atoms with Crippen LogP contribution in [-0.4, -0.2) is 22.9 Å². The first-order valence-electron chi connectivity index (χ1n) is 5.39. The maximum Gasteiger partial charge on any atom is 0.397 e. The maximum absolute atomic E-state index is 12.9. The van der Waals surface area contributed by atoms with Crippen molar-refractivity contribution in [3.05, 3.63) is 42.1 Å². The van der Waals surface area contributed by atoms with Crippen LogP contribution in [0.15, 0.2) is 36.5 Å². The van der Waals surface area contributed by atoms with E-state index in [0.29, 0.717) is 11.3 Å². The van der Waals surface area contributed by atoms with Crippen LogP contribution in [0.25, 0.3) is 11.3 Å². The molecule has 1 heterocycles. The van der Waals surface area contributed by atoms with Crippen molar-refractivity contribution in [2.45, 2.75) is 12.1 Å². The van der Waals surface area contributed by atoms with Crippen molar-refractivity contribution in [1.29, 1.82) is 0 Å². The molecule has 0 amide bonds. The molecule has 0 aliphatic rings. The molecule has 0 fully saturated rings. The van der Waals surface area contributed by atoms with Gasteiger partial charge in [-0.15, -0.1) is 0 Å². The summed E-state index contributed by atoms with van der Waals surface area (Å²) >= 11 is 0. The lowest BCUT2D eigenvalue weighted by molar-refractivity contribution is -0.148. The Morgan fingerprint density at radius 1 is 1.22 bits per heavy atom. The van der Waals surface area contributed by atoms with Gasteiger partial charge in [0.2, 0.25) is 0 Å². The second-order valence-electron chi connectivity index (χ2n) is 3.90. The number of nitrogens with two attached hydrogens (primary N) is 1. The van der Waals surface area contributed by atoms with Crippen LogP contribution < -0.4 is 5.73 Å². The third-order valence-corrected chi connectivity index (χ3v) is 2.74. The molecule has 18 heavy (non-hydrogen) atoms. The first kappa shape index (κ1) is 12.6. The molecule has 2 aromatic rings. The molecular weight excluding hydrogens is 243 g/mol. The van der Waals surface area contributed by atoms with Crippen molar-refractivity contribution in [1.82, 2.24) is 10.2 Å². The lowest BCUT2D eigenvalue weighted by atomic mass is 9.96. The highest BCUT2D eigenvalue weighted by Crippen LogP contribution is 2.37. The minimum Gasteiger partial charge on any atom is -0.330 e. The van der Waals surface area contributed by atoms with Gasteiger partial charge in [-0.3, -0.25) is 5.10 Å². The van der Waals surface area contributed by atoms with E-state index in [1.54, 1.807) is 30.3 Å². The van der Waals surface area contributed by atoms with E-state index in [2.05, 4.69) is 10.2 Å². The number of nitrogens with one attached hydrogen (secondary N) is 1. The summed E-state index contributed by atoms with van der Waals surface area (Å²) in [5.41, 5.74) is 6.34. The number of hydrogen-bond acceptors (Lipinski definition) is 2. The molecule has 2 rings (SSSR count). The Morgan fingerprint density at radius 3 is 2.44 bits per heavy atom. The predicted molar refractivity (Wildman–Crippen MR) is 61.9 cm³/mol. The molecule has 0 bridgehead atoms. The van der Waals surface area contributed by atoms with Gasteiger partial charge in [0.05, 0.1) is 17.8 Å². The molecule has 1 unspecified atom stereocenters. The van der Waals surface area contributed by atoms with Gasteiger partial charge < -0.3 is 5.73 Å². The third-order valence-electron chi connectivity index (χ3n) is 2.74. The van der Waals surface area contributed by atoms with E-state index in [1.807, 2.05) is 0 Å². The second kappa shape index (κ2) is 4.81. The molecule has 0 saturated carbocycles. The van der Waals surface area contributed by atoms with E-state index >= 15 is 0 Å². The Hall–Kier alpha value is -1.82. The number of hydrogen-bond donors (Lipinski definition) is 2. The van der Waals surface area contributed by atoms with E-state index in [1.165, 1.54) is 6.20 Å². The number of alkyl halides is 3. The predicted octanol–water partition coefficient (Wildman–Crippen LogP) is 2.68. The molecular formula is C12H12F3N3. The Balaban J connectivity index is 2.45. The molecule has 1 aromatic heterocycles. The van der Waals surface area contributed by atoms with Crippen molar-refractivity contribution in [2.75, 3.05) is 6.54 Å². The largest absolute Gasteiger partial charge is 0.397 e. The van der Waals surface area contributed by atoms with Crippen LogP contribution in [0.2, 0.25) is 0 Å². The first-order valence-corrected chi connectivity index (χ1v) is 5.39. The van der Waals surface area contributed by atoms with Gasteiger partial charge >= 0.3 is 6.18 Å². The molecule has 0 aliphatic carbocycles. The van der Waals surface area contributed by atoms with Gasteiger partial charge in [0, 0.05) is 12.1 Å². The molecule has 3 nitrogen and oxygen atoms in total. The number of rotatable bonds is 3. The maximum atomic E-state index is 12.9. The van der Waals surface area contributed by atoms with Crippen molar-refractivity contribution in [2.24, 2.45) is 5.73 Å². The molecule has 0 saturated heterocycles. The number of benzene rings is 1. The Bertz CT molecular complexity index is 505. The molecule has 0 spiro atoms. The summed E-state index contributed by atoms with van der Waals surface area (Å²) in [7, 11) is 0. The van der Waals surface area contributed by atoms with Crippen molar-refractivity contribution in [3.63, 3.8) is 0 Å². The van der Waals surface area contributed by atoms with Crippen LogP contribution in [0.1, 0.15) is 11.5 Å². The number of aromatic amines is 1. The average molecular weight is 255 g/mol. The average Bonchev–Trinajstić information content (AvgIpc) is 2.78. The van der Waals surface area contributed by atoms with Gasteiger partial charge in [0.25, 0.3) is 0 Å². The zero-order valence-corrected chi connectivity index (χ0v) is 9.41. The zero-order chi connectivity index (χ0) is 13.2. The molecule has 0 aliphatic heterocycles. The van der Waals surface area contributed by atoms with Crippen molar-refractivity contribution in [3.8, 4) is 11.3 Å². The number of aromatic nitrogens is 2. The van der Waals surface area contributed by atoms with Gasteiger partial charge in [-0.25, -0.2) is 0 Å². The quantitative estimate of drug-likeness (QED) is 0.885. The van der Waals surface area contributed by atoms with Gasteiger partial charge in [-0.1, -0.05) is 30.3 Å². The topological polar surface area (TPSA) is 54.7 Å². The molecule has 1 atom stereocenters. The summed E-state index contributed by atoms with van der Waals surface area (Å²) in [6.45, 7) is -0.497. The highest BCUT2D eigenvalue weighted by molar-refractivity contribution is 5.63. The fourth-order valence-electron chi connectivity index (χ4n) is 1.83. The summed E-state index contributed by atoms with van der Waals surface area (Å²) in [6.07, 6.45) is -3.19. The van der Waals surface area contributed by atoms with Gasteiger partial charge in [0.1, 0.15) is 0 Å². The van der Waals surface area contributed by atoms with Crippen LogP contribution in [0.5, 0.6) is 0 Å². The lowest BCUT2D eigenvalue weighted by Crippen LogP contribution is -2.28. The van der Waals surface area contributed by atoms with Crippen LogP contribution in [0.4, 0.5) is 13.2 Å². The summed E-state index contributed by atoms with van der Waals surface area (Å²) in [5, 5.41) is 6.30. The van der Waals surface area contributed by atoms with Crippen molar-refractivity contribution >= 4 is 0 Å². The fourth-order valence-corrected chi connectivity index (χ4v) is 1.83. The minimum atomic E-state index is -4.37. The van der Waals surface area contributed by atoms with E-state index in [9.17, 15) is 13.2 Å². The fraction of sp³-hybridized carbons (Fsp3) is 0.250. The van der Waals surface area contributed by atoms with Crippen LogP contribution in [0, 0.1) is 0 Å². The Labute approximate surface area is 102 Å². The van der Waals surface area contributed by atoms with E-state index < -0.39 is 18.6 Å². The van der Waals surface area contributed by atoms with Crippen LogP contribution >= 0.6 is 0 Å². The smallest absolute Gasteiger partial charge is 0.330 e. The van der Waals surface area contributed by atoms with E-state index in [-0.39, 0.29) is 5.56 Å². The molecule has 6 heteroatoms. The molecule has 3 N–H and O–H groups in total. The highest BCUT2D eigenvalue weighted by atomic mass is 19.4. The van der Waals surface area contributed by atoms with Gasteiger partial charge in [0.15, 0.2) is 0 Å². The summed E-state index contributed by atoms with van der Waals surface area (Å²) in [6, 6.07) is 8.75.